The molecule has 3 rings (SSSR count). The second kappa shape index (κ2) is 9.69. The highest BCUT2D eigenvalue weighted by Crippen LogP contribution is 2.31. The summed E-state index contributed by atoms with van der Waals surface area (Å²) in [5.41, 5.74) is 1.75. The van der Waals surface area contributed by atoms with Crippen LogP contribution in [-0.4, -0.2) is 18.2 Å². The largest absolute Gasteiger partial charge is 0.493 e. The summed E-state index contributed by atoms with van der Waals surface area (Å²) in [6, 6.07) is 14.2. The third kappa shape index (κ3) is 5.14. The maximum absolute atomic E-state index is 13.9. The van der Waals surface area contributed by atoms with E-state index in [1.165, 1.54) is 37.4 Å². The predicted molar refractivity (Wildman–Crippen MR) is 114 cm³/mol. The summed E-state index contributed by atoms with van der Waals surface area (Å²) in [6.07, 6.45) is 0. The molecule has 5 nitrogen and oxygen atoms in total. The summed E-state index contributed by atoms with van der Waals surface area (Å²) in [5.74, 6) is -0.575. The van der Waals surface area contributed by atoms with Gasteiger partial charge in [-0.1, -0.05) is 35.3 Å². The molecule has 2 N–H and O–H groups in total. The number of hydrogen-bond donors (Lipinski definition) is 2. The van der Waals surface area contributed by atoms with E-state index in [1.54, 1.807) is 18.2 Å². The van der Waals surface area contributed by atoms with Crippen molar-refractivity contribution in [1.82, 2.24) is 0 Å². The minimum Gasteiger partial charge on any atom is -0.493 e. The van der Waals surface area contributed by atoms with Crippen LogP contribution in [0.2, 0.25) is 10.0 Å². The molecule has 0 aliphatic rings. The Kier molecular flexibility index (Phi) is 7.03. The van der Waals surface area contributed by atoms with Crippen LogP contribution in [0.4, 0.5) is 10.1 Å². The number of methoxy groups -OCH3 is 1. The first-order valence-corrected chi connectivity index (χ1v) is 9.64. The fourth-order valence-corrected chi connectivity index (χ4v) is 3.15. The van der Waals surface area contributed by atoms with Gasteiger partial charge in [0.15, 0.2) is 11.5 Å². The number of anilines is 1. The van der Waals surface area contributed by atoms with Crippen molar-refractivity contribution in [2.75, 3.05) is 12.4 Å². The maximum Gasteiger partial charge on any atom is 0.335 e. The molecule has 3 aromatic rings. The zero-order chi connectivity index (χ0) is 21.7. The molecule has 0 fully saturated rings. The minimum absolute atomic E-state index is 0.0446. The zero-order valence-corrected chi connectivity index (χ0v) is 17.4. The Balaban J connectivity index is 1.71. The molecule has 0 atom stereocenters. The van der Waals surface area contributed by atoms with Crippen LogP contribution in [0.15, 0.2) is 54.6 Å². The van der Waals surface area contributed by atoms with Gasteiger partial charge in [-0.2, -0.15) is 0 Å². The van der Waals surface area contributed by atoms with Crippen LogP contribution < -0.4 is 14.8 Å². The van der Waals surface area contributed by atoms with Crippen molar-refractivity contribution < 1.29 is 23.8 Å². The molecular weight excluding hydrogens is 432 g/mol. The molecule has 0 unspecified atom stereocenters. The van der Waals surface area contributed by atoms with E-state index in [-0.39, 0.29) is 22.8 Å². The first-order chi connectivity index (χ1) is 14.4. The zero-order valence-electron chi connectivity index (χ0n) is 15.9. The monoisotopic (exact) mass is 449 g/mol. The quantitative estimate of drug-likeness (QED) is 0.439. The number of ether oxygens (including phenoxy) is 2. The molecule has 156 valence electrons. The molecule has 3 aromatic carbocycles. The van der Waals surface area contributed by atoms with Gasteiger partial charge in [-0.25, -0.2) is 9.18 Å². The molecule has 0 heterocycles. The highest BCUT2D eigenvalue weighted by molar-refractivity contribution is 6.33. The number of aromatic carboxylic acids is 1. The van der Waals surface area contributed by atoms with E-state index in [0.29, 0.717) is 28.8 Å². The van der Waals surface area contributed by atoms with E-state index in [2.05, 4.69) is 5.32 Å². The molecule has 8 heteroatoms. The minimum atomic E-state index is -1.03. The molecule has 0 amide bonds. The van der Waals surface area contributed by atoms with Crippen LogP contribution in [0, 0.1) is 5.82 Å². The van der Waals surface area contributed by atoms with Crippen molar-refractivity contribution >= 4 is 34.9 Å². The summed E-state index contributed by atoms with van der Waals surface area (Å²) in [6.45, 7) is 0.329. The Morgan fingerprint density at radius 2 is 1.87 bits per heavy atom. The Morgan fingerprint density at radius 1 is 1.07 bits per heavy atom. The lowest BCUT2D eigenvalue weighted by Gasteiger charge is -2.14. The van der Waals surface area contributed by atoms with Crippen molar-refractivity contribution in [3.8, 4) is 11.5 Å². The first-order valence-electron chi connectivity index (χ1n) is 8.88. The number of carboxylic acids is 1. The van der Waals surface area contributed by atoms with Gasteiger partial charge in [0.2, 0.25) is 0 Å². The van der Waals surface area contributed by atoms with Gasteiger partial charge >= 0.3 is 5.97 Å². The van der Waals surface area contributed by atoms with Crippen molar-refractivity contribution in [2.45, 2.75) is 13.2 Å². The Hall–Kier alpha value is -2.96. The fourth-order valence-electron chi connectivity index (χ4n) is 2.75. The molecule has 30 heavy (non-hydrogen) atoms. The van der Waals surface area contributed by atoms with Gasteiger partial charge in [0, 0.05) is 12.1 Å². The van der Waals surface area contributed by atoms with Crippen LogP contribution in [0.25, 0.3) is 0 Å². The maximum atomic E-state index is 13.9. The topological polar surface area (TPSA) is 67.8 Å². The standard InChI is InChI=1S/C22H18Cl2FNO4/c1-29-21-9-13(11-26-19-10-14(22(27)28)6-7-17(19)24)5-8-20(21)30-12-15-16(23)3-2-4-18(15)25/h2-10,26H,11-12H2,1H3,(H,27,28). The van der Waals surface area contributed by atoms with Gasteiger partial charge < -0.3 is 19.9 Å². The van der Waals surface area contributed by atoms with Crippen molar-refractivity contribution in [1.29, 1.82) is 0 Å². The van der Waals surface area contributed by atoms with E-state index in [1.807, 2.05) is 6.07 Å². The van der Waals surface area contributed by atoms with Crippen LogP contribution in [0.3, 0.4) is 0 Å². The van der Waals surface area contributed by atoms with Crippen molar-refractivity contribution in [3.63, 3.8) is 0 Å². The predicted octanol–water partition coefficient (Wildman–Crippen LogP) is 6.03. The molecule has 0 aliphatic heterocycles. The lowest BCUT2D eigenvalue weighted by molar-refractivity contribution is 0.0697. The summed E-state index contributed by atoms with van der Waals surface area (Å²) in [7, 11) is 1.50. The number of benzene rings is 3. The lowest BCUT2D eigenvalue weighted by atomic mass is 10.1. The summed E-state index contributed by atoms with van der Waals surface area (Å²) in [5, 5.41) is 12.9. The summed E-state index contributed by atoms with van der Waals surface area (Å²) >= 11 is 12.2. The number of halogens is 3. The Bertz CT molecular complexity index is 1050. The molecule has 0 saturated carbocycles. The van der Waals surface area contributed by atoms with E-state index in [0.717, 1.165) is 5.56 Å². The smallest absolute Gasteiger partial charge is 0.335 e. The third-order valence-electron chi connectivity index (χ3n) is 4.36. The van der Waals surface area contributed by atoms with E-state index in [4.69, 9.17) is 37.8 Å². The van der Waals surface area contributed by atoms with Crippen molar-refractivity contribution in [3.05, 3.63) is 87.2 Å². The van der Waals surface area contributed by atoms with Gasteiger partial charge in [0.25, 0.3) is 0 Å². The number of hydrogen-bond acceptors (Lipinski definition) is 4. The van der Waals surface area contributed by atoms with E-state index >= 15 is 0 Å². The molecule has 0 spiro atoms. The van der Waals surface area contributed by atoms with Crippen LogP contribution in [0.1, 0.15) is 21.5 Å². The van der Waals surface area contributed by atoms with Gasteiger partial charge in [0.05, 0.1) is 28.4 Å². The van der Waals surface area contributed by atoms with Crippen LogP contribution in [-0.2, 0) is 13.2 Å². The molecular formula is C22H18Cl2FNO4. The molecule has 0 aromatic heterocycles. The van der Waals surface area contributed by atoms with Gasteiger partial charge in [0.1, 0.15) is 12.4 Å². The van der Waals surface area contributed by atoms with Crippen LogP contribution in [0.5, 0.6) is 11.5 Å². The Morgan fingerprint density at radius 3 is 2.57 bits per heavy atom. The SMILES string of the molecule is COc1cc(CNc2cc(C(=O)O)ccc2Cl)ccc1OCc1c(F)cccc1Cl. The number of carboxylic acid groups (broad SMARTS) is 1. The highest BCUT2D eigenvalue weighted by Gasteiger charge is 2.12. The van der Waals surface area contributed by atoms with Gasteiger partial charge in [-0.15, -0.1) is 0 Å². The molecule has 0 saturated heterocycles. The van der Waals surface area contributed by atoms with Gasteiger partial charge in [-0.3, -0.25) is 0 Å². The molecule has 0 bridgehead atoms. The van der Waals surface area contributed by atoms with E-state index < -0.39 is 11.8 Å². The van der Waals surface area contributed by atoms with E-state index in [9.17, 15) is 9.18 Å². The fraction of sp³-hybridized carbons (Fsp3) is 0.136. The molecule has 0 radical (unpaired) electrons. The second-order valence-electron chi connectivity index (χ2n) is 6.33. The number of rotatable bonds is 8. The average molecular weight is 450 g/mol. The summed E-state index contributed by atoms with van der Waals surface area (Å²) in [4.78, 5) is 11.1. The summed E-state index contributed by atoms with van der Waals surface area (Å²) < 4.78 is 25.0. The normalized spacial score (nSPS) is 10.5. The first kappa shape index (κ1) is 21.7. The lowest BCUT2D eigenvalue weighted by Crippen LogP contribution is -2.04. The van der Waals surface area contributed by atoms with Crippen molar-refractivity contribution in [2.24, 2.45) is 0 Å². The number of nitrogens with one attached hydrogen (secondary N) is 1. The highest BCUT2D eigenvalue weighted by atomic mass is 35.5. The van der Waals surface area contributed by atoms with Gasteiger partial charge in [-0.05, 0) is 48.0 Å². The second-order valence-corrected chi connectivity index (χ2v) is 7.14. The average Bonchev–Trinajstić information content (AvgIpc) is 2.73. The molecule has 0 aliphatic carbocycles. The van der Waals surface area contributed by atoms with Crippen LogP contribution >= 0.6 is 23.2 Å². The third-order valence-corrected chi connectivity index (χ3v) is 5.04. The Labute approximate surface area is 183 Å². The number of carbonyl (C=O) groups is 1.